The third-order valence-electron chi connectivity index (χ3n) is 4.40. The van der Waals surface area contributed by atoms with Crippen molar-refractivity contribution in [2.24, 2.45) is 5.18 Å². The molecule has 0 radical (unpaired) electrons. The maximum atomic E-state index is 12.7. The summed E-state index contributed by atoms with van der Waals surface area (Å²) >= 11 is 0. The molecule has 5 heteroatoms. The van der Waals surface area contributed by atoms with Gasteiger partial charge in [-0.25, -0.2) is 4.79 Å². The van der Waals surface area contributed by atoms with Crippen molar-refractivity contribution in [2.75, 3.05) is 0 Å². The zero-order valence-electron chi connectivity index (χ0n) is 13.2. The Hall–Kier alpha value is -3.34. The Bertz CT molecular complexity index is 1110. The van der Waals surface area contributed by atoms with Gasteiger partial charge in [0.05, 0.1) is 0 Å². The quantitative estimate of drug-likeness (QED) is 0.519. The first kappa shape index (κ1) is 15.2. The van der Waals surface area contributed by atoms with Crippen molar-refractivity contribution < 1.29 is 9.21 Å². The highest BCUT2D eigenvalue weighted by atomic mass is 16.4. The molecule has 0 spiro atoms. The molecule has 122 valence electrons. The molecule has 0 atom stereocenters. The van der Waals surface area contributed by atoms with Crippen molar-refractivity contribution in [2.45, 2.75) is 12.8 Å². The Labute approximate surface area is 142 Å². The fraction of sp³-hybridized carbons (Fsp3) is 0.100. The SMILES string of the molecule is O=Nc1ccc2c(C3=Cc4ccccc4CCC3=O)cc(=O)oc2c1. The first-order valence-corrected chi connectivity index (χ1v) is 7.90. The third kappa shape index (κ3) is 2.70. The summed E-state index contributed by atoms with van der Waals surface area (Å²) in [5, 5.41) is 3.46. The summed E-state index contributed by atoms with van der Waals surface area (Å²) in [6.45, 7) is 0. The van der Waals surface area contributed by atoms with Crippen LogP contribution in [-0.4, -0.2) is 5.78 Å². The number of allylic oxidation sites excluding steroid dienone is 1. The molecule has 0 saturated carbocycles. The first-order valence-electron chi connectivity index (χ1n) is 7.90. The van der Waals surface area contributed by atoms with Crippen molar-refractivity contribution in [1.29, 1.82) is 0 Å². The topological polar surface area (TPSA) is 76.7 Å². The fourth-order valence-corrected chi connectivity index (χ4v) is 3.18. The number of aryl methyl sites for hydroxylation is 1. The largest absolute Gasteiger partial charge is 0.423 e. The summed E-state index contributed by atoms with van der Waals surface area (Å²) in [6.07, 6.45) is 2.86. The number of nitrogens with zero attached hydrogens (tertiary/aromatic N) is 1. The molecule has 0 unspecified atom stereocenters. The second-order valence-corrected chi connectivity index (χ2v) is 5.93. The second kappa shape index (κ2) is 5.94. The van der Waals surface area contributed by atoms with Gasteiger partial charge in [-0.3, -0.25) is 4.79 Å². The highest BCUT2D eigenvalue weighted by Crippen LogP contribution is 2.32. The van der Waals surface area contributed by atoms with Gasteiger partial charge in [-0.15, -0.1) is 4.91 Å². The number of ketones is 1. The number of carbonyl (C=O) groups excluding carboxylic acids is 1. The van der Waals surface area contributed by atoms with E-state index >= 15 is 0 Å². The Balaban J connectivity index is 2.00. The van der Waals surface area contributed by atoms with E-state index in [9.17, 15) is 14.5 Å². The maximum absolute atomic E-state index is 12.7. The molecule has 0 amide bonds. The standard InChI is InChI=1S/C20H13NO4/c22-18-8-5-12-3-1-2-4-13(12)9-17(18)16-11-20(23)25-19-10-14(21-24)6-7-15(16)19/h1-4,6-7,9-11H,5,8H2. The first-order chi connectivity index (χ1) is 12.2. The minimum absolute atomic E-state index is 0.0271. The summed E-state index contributed by atoms with van der Waals surface area (Å²) in [5.41, 5.74) is 2.91. The van der Waals surface area contributed by atoms with Gasteiger partial charge in [-0.05, 0) is 40.9 Å². The Morgan fingerprint density at radius 2 is 1.80 bits per heavy atom. The molecule has 0 fully saturated rings. The molecule has 2 aromatic carbocycles. The zero-order valence-corrected chi connectivity index (χ0v) is 13.2. The normalized spacial score (nSPS) is 13.9. The van der Waals surface area contributed by atoms with Gasteiger partial charge in [-0.1, -0.05) is 24.3 Å². The minimum atomic E-state index is -0.572. The third-order valence-corrected chi connectivity index (χ3v) is 4.40. The van der Waals surface area contributed by atoms with Crippen molar-refractivity contribution in [3.05, 3.63) is 80.5 Å². The van der Waals surface area contributed by atoms with E-state index < -0.39 is 5.63 Å². The maximum Gasteiger partial charge on any atom is 0.336 e. The molecular formula is C20H13NO4. The lowest BCUT2D eigenvalue weighted by Crippen LogP contribution is -2.06. The lowest BCUT2D eigenvalue weighted by molar-refractivity contribution is -0.113. The van der Waals surface area contributed by atoms with Gasteiger partial charge in [0.15, 0.2) is 5.78 Å². The monoisotopic (exact) mass is 331 g/mol. The molecule has 0 bridgehead atoms. The molecule has 25 heavy (non-hydrogen) atoms. The van der Waals surface area contributed by atoms with E-state index in [-0.39, 0.29) is 17.1 Å². The molecule has 4 rings (SSSR count). The molecule has 0 N–H and O–H groups in total. The van der Waals surface area contributed by atoms with Crippen LogP contribution in [-0.2, 0) is 11.2 Å². The Kier molecular flexibility index (Phi) is 3.61. The van der Waals surface area contributed by atoms with Crippen LogP contribution < -0.4 is 5.63 Å². The molecule has 3 aromatic rings. The number of rotatable bonds is 2. The number of hydrogen-bond donors (Lipinski definition) is 0. The van der Waals surface area contributed by atoms with E-state index in [4.69, 9.17) is 4.42 Å². The average Bonchev–Trinajstić information content (AvgIpc) is 2.79. The molecule has 0 saturated heterocycles. The van der Waals surface area contributed by atoms with Gasteiger partial charge in [-0.2, -0.15) is 0 Å². The van der Waals surface area contributed by atoms with E-state index in [1.807, 2.05) is 30.3 Å². The zero-order chi connectivity index (χ0) is 17.4. The Morgan fingerprint density at radius 1 is 0.960 bits per heavy atom. The molecule has 0 aliphatic heterocycles. The van der Waals surface area contributed by atoms with Gasteiger partial charge in [0.2, 0.25) is 0 Å². The van der Waals surface area contributed by atoms with Crippen LogP contribution in [0.5, 0.6) is 0 Å². The Morgan fingerprint density at radius 3 is 2.64 bits per heavy atom. The lowest BCUT2D eigenvalue weighted by Gasteiger charge is -2.08. The van der Waals surface area contributed by atoms with E-state index in [2.05, 4.69) is 5.18 Å². The van der Waals surface area contributed by atoms with Gasteiger partial charge >= 0.3 is 5.63 Å². The van der Waals surface area contributed by atoms with Crippen LogP contribution in [0.2, 0.25) is 0 Å². The van der Waals surface area contributed by atoms with Gasteiger partial charge in [0, 0.05) is 35.1 Å². The van der Waals surface area contributed by atoms with Gasteiger partial charge in [0.25, 0.3) is 0 Å². The summed E-state index contributed by atoms with van der Waals surface area (Å²) in [4.78, 5) is 35.4. The van der Waals surface area contributed by atoms with E-state index in [1.165, 1.54) is 18.2 Å². The molecule has 1 aromatic heterocycles. The highest BCUT2D eigenvalue weighted by Gasteiger charge is 2.20. The van der Waals surface area contributed by atoms with E-state index in [1.54, 1.807) is 6.07 Å². The van der Waals surface area contributed by atoms with Gasteiger partial charge in [0.1, 0.15) is 11.3 Å². The molecular weight excluding hydrogens is 318 g/mol. The van der Waals surface area contributed by atoms with Crippen LogP contribution >= 0.6 is 0 Å². The lowest BCUT2D eigenvalue weighted by atomic mass is 9.96. The highest BCUT2D eigenvalue weighted by molar-refractivity contribution is 6.28. The number of benzene rings is 2. The van der Waals surface area contributed by atoms with Crippen LogP contribution in [0.1, 0.15) is 23.1 Å². The minimum Gasteiger partial charge on any atom is -0.423 e. The molecule has 1 heterocycles. The van der Waals surface area contributed by atoms with Crippen LogP contribution in [0.15, 0.2) is 62.9 Å². The van der Waals surface area contributed by atoms with Crippen molar-refractivity contribution >= 4 is 34.1 Å². The van der Waals surface area contributed by atoms with Crippen LogP contribution in [0.25, 0.3) is 22.6 Å². The van der Waals surface area contributed by atoms with Crippen molar-refractivity contribution in [3.63, 3.8) is 0 Å². The van der Waals surface area contributed by atoms with Crippen LogP contribution in [0.3, 0.4) is 0 Å². The van der Waals surface area contributed by atoms with Crippen molar-refractivity contribution in [1.82, 2.24) is 0 Å². The average molecular weight is 331 g/mol. The number of fused-ring (bicyclic) bond motifs is 2. The van der Waals surface area contributed by atoms with E-state index in [0.29, 0.717) is 29.4 Å². The van der Waals surface area contributed by atoms with Crippen LogP contribution in [0, 0.1) is 4.91 Å². The van der Waals surface area contributed by atoms with Crippen molar-refractivity contribution in [3.8, 4) is 0 Å². The smallest absolute Gasteiger partial charge is 0.336 e. The number of carbonyl (C=O) groups is 1. The number of Topliss-reactive ketones (excluding diaryl/α,β-unsaturated/α-hetero) is 1. The second-order valence-electron chi connectivity index (χ2n) is 5.93. The van der Waals surface area contributed by atoms with Crippen LogP contribution in [0.4, 0.5) is 5.69 Å². The molecule has 1 aliphatic carbocycles. The van der Waals surface area contributed by atoms with Gasteiger partial charge < -0.3 is 4.42 Å². The molecule has 1 aliphatic rings. The number of hydrogen-bond acceptors (Lipinski definition) is 5. The number of nitroso groups, excluding NO2 is 1. The van der Waals surface area contributed by atoms with E-state index in [0.717, 1.165) is 11.1 Å². The summed E-state index contributed by atoms with van der Waals surface area (Å²) < 4.78 is 5.18. The fourth-order valence-electron chi connectivity index (χ4n) is 3.18. The predicted molar refractivity (Wildman–Crippen MR) is 95.6 cm³/mol. The summed E-state index contributed by atoms with van der Waals surface area (Å²) in [6, 6.07) is 13.7. The summed E-state index contributed by atoms with van der Waals surface area (Å²) in [5.74, 6) is -0.0271. The predicted octanol–water partition coefficient (Wildman–Crippen LogP) is 4.25. The molecule has 5 nitrogen and oxygen atoms in total. The summed E-state index contributed by atoms with van der Waals surface area (Å²) in [7, 11) is 0.